The summed E-state index contributed by atoms with van der Waals surface area (Å²) in [6.45, 7) is 1.45. The second-order valence-electron chi connectivity index (χ2n) is 4.85. The summed E-state index contributed by atoms with van der Waals surface area (Å²) in [6.07, 6.45) is 6.36. The number of benzene rings is 1. The van der Waals surface area contributed by atoms with Crippen LogP contribution in [0.25, 0.3) is 0 Å². The number of carbonyl (C=O) groups excluding carboxylic acids is 1. The van der Waals surface area contributed by atoms with E-state index in [-0.39, 0.29) is 6.03 Å². The average Bonchev–Trinajstić information content (AvgIpc) is 2.84. The van der Waals surface area contributed by atoms with Crippen molar-refractivity contribution in [1.29, 1.82) is 0 Å². The summed E-state index contributed by atoms with van der Waals surface area (Å²) in [5, 5.41) is 0. The zero-order valence-electron chi connectivity index (χ0n) is 10.7. The molecule has 2 heterocycles. The fourth-order valence-corrected chi connectivity index (χ4v) is 2.82. The molecule has 0 aliphatic carbocycles. The molecule has 0 radical (unpaired) electrons. The van der Waals surface area contributed by atoms with Gasteiger partial charge in [-0.25, -0.2) is 9.36 Å². The van der Waals surface area contributed by atoms with E-state index in [2.05, 4.69) is 28.1 Å². The minimum atomic E-state index is 0.0363. The van der Waals surface area contributed by atoms with Crippen LogP contribution in [-0.4, -0.2) is 22.0 Å². The molecule has 0 saturated carbocycles. The van der Waals surface area contributed by atoms with Crippen molar-refractivity contribution in [3.05, 3.63) is 52.5 Å². The van der Waals surface area contributed by atoms with Crippen LogP contribution in [0, 0.1) is 0 Å². The normalized spacial score (nSPS) is 14.3. The molecule has 1 aromatic carbocycles. The Kier molecular flexibility index (Phi) is 3.14. The monoisotopic (exact) mass is 320 g/mol. The summed E-state index contributed by atoms with van der Waals surface area (Å²) < 4.78 is 4.60. The van der Waals surface area contributed by atoms with Gasteiger partial charge < -0.3 is 0 Å². The third kappa shape index (κ3) is 2.42. The van der Waals surface area contributed by atoms with Crippen LogP contribution < -0.4 is 4.57 Å². The fraction of sp³-hybridized carbons (Fsp3) is 0.286. The van der Waals surface area contributed by atoms with Crippen molar-refractivity contribution in [1.82, 2.24) is 9.47 Å². The number of rotatable bonds is 0. The van der Waals surface area contributed by atoms with Crippen molar-refractivity contribution >= 4 is 22.0 Å². The molecule has 0 N–H and O–H groups in total. The Morgan fingerprint density at radius 3 is 2.95 bits per heavy atom. The van der Waals surface area contributed by atoms with Crippen LogP contribution in [0.15, 0.2) is 41.4 Å². The molecule has 0 fully saturated rings. The Morgan fingerprint density at radius 2 is 2.21 bits per heavy atom. The molecule has 3 rings (SSSR count). The first kappa shape index (κ1) is 12.4. The molecule has 0 atom stereocenters. The number of carbonyl (C=O) groups is 1. The lowest BCUT2D eigenvalue weighted by Gasteiger charge is -2.26. The van der Waals surface area contributed by atoms with Crippen LogP contribution in [0.3, 0.4) is 0 Å². The molecule has 19 heavy (non-hydrogen) atoms. The molecule has 5 heteroatoms. The van der Waals surface area contributed by atoms with Gasteiger partial charge >= 0.3 is 6.03 Å². The van der Waals surface area contributed by atoms with Crippen molar-refractivity contribution in [3.63, 3.8) is 0 Å². The molecule has 1 aliphatic rings. The first-order valence-electron chi connectivity index (χ1n) is 6.23. The van der Waals surface area contributed by atoms with Gasteiger partial charge in [0.1, 0.15) is 12.4 Å². The third-order valence-electron chi connectivity index (χ3n) is 3.44. The maximum Gasteiger partial charge on any atom is 0.416 e. The Hall–Kier alpha value is -1.62. The second-order valence-corrected chi connectivity index (χ2v) is 5.77. The summed E-state index contributed by atoms with van der Waals surface area (Å²) in [5.41, 5.74) is 2.57. The quantitative estimate of drug-likeness (QED) is 0.683. The van der Waals surface area contributed by atoms with E-state index in [1.807, 2.05) is 28.8 Å². The van der Waals surface area contributed by atoms with E-state index in [9.17, 15) is 4.79 Å². The third-order valence-corrected chi connectivity index (χ3v) is 3.93. The highest BCUT2D eigenvalue weighted by molar-refractivity contribution is 9.10. The van der Waals surface area contributed by atoms with Gasteiger partial charge in [0.2, 0.25) is 0 Å². The molecular formula is C14H15BrN3O+. The van der Waals surface area contributed by atoms with Crippen molar-refractivity contribution in [2.75, 3.05) is 6.54 Å². The number of imidazole rings is 1. The standard InChI is InChI=1S/C14H15BrN3O/c1-16-6-7-18(10-16)14(19)17-5-4-11-8-13(15)3-2-12(11)9-17/h2-3,6-8,10H,4-5,9H2,1H3/q+1. The number of hydrogen-bond acceptors (Lipinski definition) is 1. The van der Waals surface area contributed by atoms with Crippen molar-refractivity contribution in [2.45, 2.75) is 13.0 Å². The van der Waals surface area contributed by atoms with Crippen LogP contribution in [0.4, 0.5) is 4.79 Å². The average molecular weight is 321 g/mol. The molecule has 2 aromatic rings. The number of aryl methyl sites for hydroxylation is 1. The molecule has 4 nitrogen and oxygen atoms in total. The minimum Gasteiger partial charge on any atom is -0.300 e. The lowest BCUT2D eigenvalue weighted by molar-refractivity contribution is -0.670. The summed E-state index contributed by atoms with van der Waals surface area (Å²) >= 11 is 3.49. The molecule has 0 bridgehead atoms. The molecule has 1 aliphatic heterocycles. The van der Waals surface area contributed by atoms with Crippen molar-refractivity contribution in [3.8, 4) is 0 Å². The van der Waals surface area contributed by atoms with Crippen LogP contribution in [0.1, 0.15) is 11.1 Å². The summed E-state index contributed by atoms with van der Waals surface area (Å²) in [7, 11) is 1.91. The number of amides is 1. The van der Waals surface area contributed by atoms with Crippen LogP contribution >= 0.6 is 15.9 Å². The van der Waals surface area contributed by atoms with Gasteiger partial charge in [0.25, 0.3) is 6.33 Å². The van der Waals surface area contributed by atoms with E-state index in [1.165, 1.54) is 11.1 Å². The van der Waals surface area contributed by atoms with E-state index in [0.29, 0.717) is 6.54 Å². The van der Waals surface area contributed by atoms with Gasteiger partial charge in [0, 0.05) is 17.6 Å². The molecular weight excluding hydrogens is 306 g/mol. The van der Waals surface area contributed by atoms with E-state index in [4.69, 9.17) is 0 Å². The second kappa shape index (κ2) is 4.81. The zero-order valence-corrected chi connectivity index (χ0v) is 12.3. The Morgan fingerprint density at radius 1 is 1.37 bits per heavy atom. The fourth-order valence-electron chi connectivity index (χ4n) is 2.41. The van der Waals surface area contributed by atoms with Gasteiger partial charge in [0.15, 0.2) is 0 Å². The molecule has 1 amide bonds. The SMILES string of the molecule is C[n+]1ccn(C(=O)N2CCc3cc(Br)ccc3C2)c1. The number of fused-ring (bicyclic) bond motifs is 1. The molecule has 98 valence electrons. The Labute approximate surface area is 120 Å². The first-order chi connectivity index (χ1) is 9.13. The molecule has 0 saturated heterocycles. The topological polar surface area (TPSA) is 29.1 Å². The number of aromatic nitrogens is 2. The van der Waals surface area contributed by atoms with Gasteiger partial charge in [-0.15, -0.1) is 0 Å². The Balaban J connectivity index is 1.82. The first-order valence-corrected chi connectivity index (χ1v) is 7.02. The maximum absolute atomic E-state index is 12.4. The van der Waals surface area contributed by atoms with Crippen LogP contribution in [0.5, 0.6) is 0 Å². The van der Waals surface area contributed by atoms with E-state index in [1.54, 1.807) is 17.1 Å². The van der Waals surface area contributed by atoms with Gasteiger partial charge in [0.05, 0.1) is 7.05 Å². The number of hydrogen-bond donors (Lipinski definition) is 0. The van der Waals surface area contributed by atoms with Gasteiger partial charge in [-0.1, -0.05) is 22.0 Å². The molecule has 0 spiro atoms. The van der Waals surface area contributed by atoms with Gasteiger partial charge in [-0.05, 0) is 29.7 Å². The largest absolute Gasteiger partial charge is 0.416 e. The minimum absolute atomic E-state index is 0.0363. The predicted octanol–water partition coefficient (Wildman–Crippen LogP) is 2.10. The number of nitrogens with zero attached hydrogens (tertiary/aromatic N) is 3. The van der Waals surface area contributed by atoms with E-state index in [0.717, 1.165) is 17.4 Å². The zero-order chi connectivity index (χ0) is 13.4. The van der Waals surface area contributed by atoms with Crippen molar-refractivity contribution in [2.24, 2.45) is 7.05 Å². The van der Waals surface area contributed by atoms with E-state index >= 15 is 0 Å². The molecule has 0 unspecified atom stereocenters. The van der Waals surface area contributed by atoms with Gasteiger partial charge in [-0.3, -0.25) is 4.90 Å². The Bertz CT molecular complexity index is 635. The summed E-state index contributed by atoms with van der Waals surface area (Å²) in [4.78, 5) is 14.2. The highest BCUT2D eigenvalue weighted by atomic mass is 79.9. The van der Waals surface area contributed by atoms with Crippen LogP contribution in [0.2, 0.25) is 0 Å². The highest BCUT2D eigenvalue weighted by Gasteiger charge is 2.25. The summed E-state index contributed by atoms with van der Waals surface area (Å²) in [6, 6.07) is 6.30. The van der Waals surface area contributed by atoms with Gasteiger partial charge in [-0.2, -0.15) is 4.57 Å². The molecule has 1 aromatic heterocycles. The smallest absolute Gasteiger partial charge is 0.300 e. The lowest BCUT2D eigenvalue weighted by Crippen LogP contribution is -2.39. The highest BCUT2D eigenvalue weighted by Crippen LogP contribution is 2.23. The summed E-state index contributed by atoms with van der Waals surface area (Å²) in [5.74, 6) is 0. The van der Waals surface area contributed by atoms with E-state index < -0.39 is 0 Å². The predicted molar refractivity (Wildman–Crippen MR) is 74.7 cm³/mol. The maximum atomic E-state index is 12.4. The number of halogens is 1. The van der Waals surface area contributed by atoms with Crippen molar-refractivity contribution < 1.29 is 9.36 Å². The van der Waals surface area contributed by atoms with Crippen LogP contribution in [-0.2, 0) is 20.0 Å². The lowest BCUT2D eigenvalue weighted by atomic mass is 10.0.